The van der Waals surface area contributed by atoms with Crippen molar-refractivity contribution < 1.29 is 4.74 Å². The minimum Gasteiger partial charge on any atom is -0.496 e. The number of nitrogens with one attached hydrogen (secondary N) is 1. The van der Waals surface area contributed by atoms with Crippen molar-refractivity contribution in [3.8, 4) is 16.9 Å². The average Bonchev–Trinajstić information content (AvgIpc) is 3.45. The van der Waals surface area contributed by atoms with Crippen molar-refractivity contribution in [2.45, 2.75) is 19.0 Å². The third-order valence-electron chi connectivity index (χ3n) is 4.69. The van der Waals surface area contributed by atoms with Gasteiger partial charge in [-0.3, -0.25) is 0 Å². The Morgan fingerprint density at radius 1 is 1.00 bits per heavy atom. The molecular formula is C23H22N2OS2. The number of methoxy groups -OCH3 is 1. The largest absolute Gasteiger partial charge is 0.496 e. The number of aromatic nitrogens is 1. The summed E-state index contributed by atoms with van der Waals surface area (Å²) in [5, 5.41) is 11.2. The lowest BCUT2D eigenvalue weighted by molar-refractivity contribution is 0.416. The lowest BCUT2D eigenvalue weighted by Gasteiger charge is -2.16. The van der Waals surface area contributed by atoms with Crippen LogP contribution in [0, 0.1) is 0 Å². The molecule has 3 nitrogen and oxygen atoms in total. The van der Waals surface area contributed by atoms with Crippen LogP contribution in [0.5, 0.6) is 5.75 Å². The molecule has 142 valence electrons. The van der Waals surface area contributed by atoms with E-state index < -0.39 is 0 Å². The number of hydrogen-bond acceptors (Lipinski definition) is 5. The number of benzene rings is 2. The van der Waals surface area contributed by atoms with Crippen molar-refractivity contribution in [1.29, 1.82) is 0 Å². The van der Waals surface area contributed by atoms with E-state index in [1.54, 1.807) is 29.8 Å². The van der Waals surface area contributed by atoms with Gasteiger partial charge in [0.05, 0.1) is 13.2 Å². The van der Waals surface area contributed by atoms with Crippen molar-refractivity contribution in [1.82, 2.24) is 10.3 Å². The van der Waals surface area contributed by atoms with Gasteiger partial charge >= 0.3 is 0 Å². The van der Waals surface area contributed by atoms with Crippen molar-refractivity contribution in [3.05, 3.63) is 93.1 Å². The molecule has 0 unspecified atom stereocenters. The molecule has 0 aliphatic rings. The lowest BCUT2D eigenvalue weighted by atomic mass is 10.0. The molecule has 0 aliphatic carbocycles. The van der Waals surface area contributed by atoms with Gasteiger partial charge in [-0.05, 0) is 46.0 Å². The van der Waals surface area contributed by atoms with E-state index in [-0.39, 0.29) is 6.04 Å². The van der Waals surface area contributed by atoms with Gasteiger partial charge in [-0.25, -0.2) is 4.98 Å². The second-order valence-electron chi connectivity index (χ2n) is 6.54. The summed E-state index contributed by atoms with van der Waals surface area (Å²) in [6.45, 7) is 0.806. The molecule has 0 amide bonds. The fourth-order valence-electron chi connectivity index (χ4n) is 3.22. The number of para-hydroxylation sites is 1. The van der Waals surface area contributed by atoms with Gasteiger partial charge in [0.2, 0.25) is 0 Å². The summed E-state index contributed by atoms with van der Waals surface area (Å²) < 4.78 is 5.48. The third kappa shape index (κ3) is 4.50. The van der Waals surface area contributed by atoms with Crippen molar-refractivity contribution in [3.63, 3.8) is 0 Å². The van der Waals surface area contributed by atoms with Gasteiger partial charge in [0.1, 0.15) is 10.8 Å². The Bertz CT molecular complexity index is 980. The van der Waals surface area contributed by atoms with Gasteiger partial charge in [-0.1, -0.05) is 42.5 Å². The standard InChI is InChI=1S/C23H22N2OS2/c1-26-22-5-3-2-4-20(22)19-8-6-17(7-9-19)15-25-21(23-24-11-13-28-23)14-18-10-12-27-16-18/h2-13,16,21,25H,14-15H2,1H3/t21-/m0/s1. The quantitative estimate of drug-likeness (QED) is 0.392. The minimum atomic E-state index is 0.225. The summed E-state index contributed by atoms with van der Waals surface area (Å²) in [5.41, 5.74) is 4.88. The third-order valence-corrected chi connectivity index (χ3v) is 6.32. The maximum atomic E-state index is 5.48. The number of ether oxygens (including phenoxy) is 1. The average molecular weight is 407 g/mol. The highest BCUT2D eigenvalue weighted by Gasteiger charge is 2.15. The van der Waals surface area contributed by atoms with Crippen LogP contribution in [0.4, 0.5) is 0 Å². The molecule has 1 N–H and O–H groups in total. The van der Waals surface area contributed by atoms with E-state index in [1.165, 1.54) is 11.1 Å². The Morgan fingerprint density at radius 2 is 1.86 bits per heavy atom. The maximum Gasteiger partial charge on any atom is 0.126 e. The Kier molecular flexibility index (Phi) is 6.17. The predicted molar refractivity (Wildman–Crippen MR) is 118 cm³/mol. The second-order valence-corrected chi connectivity index (χ2v) is 8.24. The number of thiophene rings is 1. The second kappa shape index (κ2) is 9.15. The first kappa shape index (κ1) is 18.9. The zero-order valence-electron chi connectivity index (χ0n) is 15.7. The summed E-state index contributed by atoms with van der Waals surface area (Å²) in [6.07, 6.45) is 2.83. The molecule has 2 aromatic heterocycles. The van der Waals surface area contributed by atoms with Gasteiger partial charge in [0.15, 0.2) is 0 Å². The van der Waals surface area contributed by atoms with Crippen LogP contribution in [0.25, 0.3) is 11.1 Å². The van der Waals surface area contributed by atoms with Crippen molar-refractivity contribution in [2.75, 3.05) is 7.11 Å². The topological polar surface area (TPSA) is 34.1 Å². The highest BCUT2D eigenvalue weighted by Crippen LogP contribution is 2.29. The Balaban J connectivity index is 1.46. The Labute approximate surface area is 173 Å². The van der Waals surface area contributed by atoms with Crippen LogP contribution in [0.1, 0.15) is 22.2 Å². The number of hydrogen-bond donors (Lipinski definition) is 1. The molecule has 4 aromatic rings. The van der Waals surface area contributed by atoms with Crippen LogP contribution in [0.3, 0.4) is 0 Å². The van der Waals surface area contributed by atoms with E-state index in [9.17, 15) is 0 Å². The molecule has 4 rings (SSSR count). The van der Waals surface area contributed by atoms with E-state index in [2.05, 4.69) is 57.5 Å². The lowest BCUT2D eigenvalue weighted by Crippen LogP contribution is -2.22. The molecule has 2 aromatic carbocycles. The van der Waals surface area contributed by atoms with E-state index >= 15 is 0 Å². The van der Waals surface area contributed by atoms with Crippen LogP contribution < -0.4 is 10.1 Å². The molecule has 28 heavy (non-hydrogen) atoms. The fraction of sp³-hybridized carbons (Fsp3) is 0.174. The van der Waals surface area contributed by atoms with E-state index in [0.29, 0.717) is 0 Å². The molecular weight excluding hydrogens is 384 g/mol. The monoisotopic (exact) mass is 406 g/mol. The van der Waals surface area contributed by atoms with Crippen LogP contribution in [-0.4, -0.2) is 12.1 Å². The molecule has 1 atom stereocenters. The molecule has 0 spiro atoms. The number of thiazole rings is 1. The van der Waals surface area contributed by atoms with Crippen LogP contribution in [-0.2, 0) is 13.0 Å². The fourth-order valence-corrected chi connectivity index (χ4v) is 4.62. The molecule has 0 bridgehead atoms. The Hall–Kier alpha value is -2.47. The summed E-state index contributed by atoms with van der Waals surface area (Å²) in [5.74, 6) is 0.896. The van der Waals surface area contributed by atoms with Crippen LogP contribution in [0.15, 0.2) is 76.9 Å². The first-order valence-electron chi connectivity index (χ1n) is 9.19. The summed E-state index contributed by atoms with van der Waals surface area (Å²) in [6, 6.07) is 19.2. The van der Waals surface area contributed by atoms with Crippen molar-refractivity contribution >= 4 is 22.7 Å². The normalized spacial score (nSPS) is 12.0. The van der Waals surface area contributed by atoms with Gasteiger partial charge in [0, 0.05) is 23.7 Å². The van der Waals surface area contributed by atoms with Gasteiger partial charge in [-0.2, -0.15) is 11.3 Å². The van der Waals surface area contributed by atoms with Crippen LogP contribution in [0.2, 0.25) is 0 Å². The first-order valence-corrected chi connectivity index (χ1v) is 11.0. The zero-order valence-corrected chi connectivity index (χ0v) is 17.3. The van der Waals surface area contributed by atoms with Gasteiger partial charge in [0.25, 0.3) is 0 Å². The maximum absolute atomic E-state index is 5.48. The molecule has 0 aliphatic heterocycles. The first-order chi connectivity index (χ1) is 13.8. The molecule has 0 radical (unpaired) electrons. The molecule has 5 heteroatoms. The van der Waals surface area contributed by atoms with Crippen molar-refractivity contribution in [2.24, 2.45) is 0 Å². The zero-order chi connectivity index (χ0) is 19.2. The van der Waals surface area contributed by atoms with E-state index in [4.69, 9.17) is 4.74 Å². The summed E-state index contributed by atoms with van der Waals surface area (Å²) in [7, 11) is 1.71. The Morgan fingerprint density at radius 3 is 2.57 bits per heavy atom. The van der Waals surface area contributed by atoms with Gasteiger partial charge in [-0.15, -0.1) is 11.3 Å². The highest BCUT2D eigenvalue weighted by atomic mass is 32.1. The smallest absolute Gasteiger partial charge is 0.126 e. The molecule has 0 saturated heterocycles. The molecule has 0 fully saturated rings. The minimum absolute atomic E-state index is 0.225. The highest BCUT2D eigenvalue weighted by molar-refractivity contribution is 7.09. The summed E-state index contributed by atoms with van der Waals surface area (Å²) >= 11 is 3.45. The predicted octanol–water partition coefficient (Wildman–Crippen LogP) is 5.95. The number of nitrogens with zero attached hydrogens (tertiary/aromatic N) is 1. The number of rotatable bonds is 8. The van der Waals surface area contributed by atoms with Gasteiger partial charge < -0.3 is 10.1 Å². The van der Waals surface area contributed by atoms with Crippen LogP contribution >= 0.6 is 22.7 Å². The SMILES string of the molecule is COc1ccccc1-c1ccc(CN[C@@H](Cc2ccsc2)c2nccs2)cc1. The molecule has 2 heterocycles. The molecule has 0 saturated carbocycles. The summed E-state index contributed by atoms with van der Waals surface area (Å²) in [4.78, 5) is 4.53. The van der Waals surface area contributed by atoms with E-state index in [1.807, 2.05) is 29.8 Å². The van der Waals surface area contributed by atoms with E-state index in [0.717, 1.165) is 34.8 Å².